The van der Waals surface area contributed by atoms with Crippen LogP contribution in [0, 0.1) is 6.92 Å². The Kier molecular flexibility index (Phi) is 2.56. The number of nitrogens with one attached hydrogen (secondary N) is 1. The van der Waals surface area contributed by atoms with Crippen LogP contribution in [0.2, 0.25) is 0 Å². The van der Waals surface area contributed by atoms with Gasteiger partial charge in [0.15, 0.2) is 5.82 Å². The van der Waals surface area contributed by atoms with Crippen LogP contribution in [0.15, 0.2) is 30.5 Å². The first kappa shape index (κ1) is 11.5. The zero-order valence-corrected chi connectivity index (χ0v) is 10.3. The van der Waals surface area contributed by atoms with E-state index in [0.29, 0.717) is 11.5 Å². The van der Waals surface area contributed by atoms with E-state index < -0.39 is 5.97 Å². The Morgan fingerprint density at radius 3 is 2.84 bits per heavy atom. The molecule has 0 saturated carbocycles. The van der Waals surface area contributed by atoms with Gasteiger partial charge in [0.25, 0.3) is 5.78 Å². The average molecular weight is 256 g/mol. The molecule has 0 bridgehead atoms. The highest BCUT2D eigenvalue weighted by molar-refractivity contribution is 5.70. The van der Waals surface area contributed by atoms with Crippen LogP contribution in [0.5, 0.6) is 0 Å². The zero-order valence-electron chi connectivity index (χ0n) is 10.3. The summed E-state index contributed by atoms with van der Waals surface area (Å²) < 4.78 is 1.64. The zero-order chi connectivity index (χ0) is 13.4. The number of fused-ring (bicyclic) bond motifs is 1. The smallest absolute Gasteiger partial charge is 0.309 e. The van der Waals surface area contributed by atoms with Crippen molar-refractivity contribution >= 4 is 11.7 Å². The highest BCUT2D eigenvalue weighted by atomic mass is 16.4. The maximum Gasteiger partial charge on any atom is 0.309 e. The van der Waals surface area contributed by atoms with Crippen LogP contribution in [0.1, 0.15) is 11.3 Å². The van der Waals surface area contributed by atoms with Crippen LogP contribution in [-0.4, -0.2) is 30.7 Å². The van der Waals surface area contributed by atoms with Crippen molar-refractivity contribution in [3.05, 3.63) is 41.7 Å². The summed E-state index contributed by atoms with van der Waals surface area (Å²) >= 11 is 0. The molecule has 0 amide bonds. The number of benzene rings is 1. The minimum Gasteiger partial charge on any atom is -0.481 e. The van der Waals surface area contributed by atoms with Gasteiger partial charge in [-0.15, -0.1) is 0 Å². The van der Waals surface area contributed by atoms with Crippen molar-refractivity contribution in [3.8, 4) is 11.4 Å². The fraction of sp³-hybridized carbons (Fsp3) is 0.154. The molecule has 96 valence electrons. The first-order valence-electron chi connectivity index (χ1n) is 5.85. The van der Waals surface area contributed by atoms with E-state index in [1.807, 2.05) is 31.2 Å². The number of carboxylic acids is 1. The molecule has 3 rings (SSSR count). The summed E-state index contributed by atoms with van der Waals surface area (Å²) in [6.07, 6.45) is 1.55. The summed E-state index contributed by atoms with van der Waals surface area (Å²) in [5, 5.41) is 11.8. The number of rotatable bonds is 3. The predicted octanol–water partition coefficient (Wildman–Crippen LogP) is 1.66. The predicted molar refractivity (Wildman–Crippen MR) is 68.9 cm³/mol. The molecule has 6 heteroatoms. The van der Waals surface area contributed by atoms with Gasteiger partial charge in [-0.2, -0.15) is 4.98 Å². The van der Waals surface area contributed by atoms with Crippen molar-refractivity contribution in [1.29, 1.82) is 0 Å². The number of aromatic amines is 1. The molecule has 3 aromatic rings. The fourth-order valence-electron chi connectivity index (χ4n) is 2.02. The number of aryl methyl sites for hydroxylation is 1. The molecule has 1 aromatic carbocycles. The lowest BCUT2D eigenvalue weighted by Crippen LogP contribution is -2.00. The Hall–Kier alpha value is -2.63. The summed E-state index contributed by atoms with van der Waals surface area (Å²) in [5.41, 5.74) is 2.61. The van der Waals surface area contributed by atoms with Crippen LogP contribution in [0.3, 0.4) is 0 Å². The van der Waals surface area contributed by atoms with Crippen LogP contribution in [-0.2, 0) is 11.2 Å². The van der Waals surface area contributed by atoms with Crippen LogP contribution in [0.25, 0.3) is 17.2 Å². The second kappa shape index (κ2) is 4.24. The average Bonchev–Trinajstić information content (AvgIpc) is 2.86. The Balaban J connectivity index is 2.02. The SMILES string of the molecule is Cc1ccccc1-c1nc2nc(CC(=O)O)cn2[nH]1. The first-order chi connectivity index (χ1) is 9.13. The number of carbonyl (C=O) groups is 1. The fourth-order valence-corrected chi connectivity index (χ4v) is 2.02. The molecular formula is C13H12N4O2. The van der Waals surface area contributed by atoms with Crippen molar-refractivity contribution in [3.63, 3.8) is 0 Å². The largest absolute Gasteiger partial charge is 0.481 e. The van der Waals surface area contributed by atoms with E-state index in [0.717, 1.165) is 17.0 Å². The molecule has 0 saturated heterocycles. The summed E-state index contributed by atoms with van der Waals surface area (Å²) in [6, 6.07) is 7.91. The van der Waals surface area contributed by atoms with Crippen molar-refractivity contribution < 1.29 is 9.90 Å². The van der Waals surface area contributed by atoms with Gasteiger partial charge in [0.1, 0.15) is 0 Å². The molecule has 0 fully saturated rings. The number of hydrogen-bond donors (Lipinski definition) is 2. The Morgan fingerprint density at radius 2 is 2.16 bits per heavy atom. The number of hydrogen-bond acceptors (Lipinski definition) is 3. The molecule has 0 atom stereocenters. The molecule has 2 heterocycles. The highest BCUT2D eigenvalue weighted by Crippen LogP contribution is 2.20. The molecular weight excluding hydrogens is 244 g/mol. The Morgan fingerprint density at radius 1 is 1.37 bits per heavy atom. The van der Waals surface area contributed by atoms with Crippen LogP contribution >= 0.6 is 0 Å². The lowest BCUT2D eigenvalue weighted by molar-refractivity contribution is -0.136. The third kappa shape index (κ3) is 2.08. The monoisotopic (exact) mass is 256 g/mol. The molecule has 0 spiro atoms. The van der Waals surface area contributed by atoms with Gasteiger partial charge in [-0.25, -0.2) is 9.50 Å². The van der Waals surface area contributed by atoms with Crippen molar-refractivity contribution in [1.82, 2.24) is 19.6 Å². The standard InChI is InChI=1S/C13H12N4O2/c1-8-4-2-3-5-10(8)12-15-13-14-9(6-11(18)19)7-17(13)16-12/h2-5,7H,6H2,1H3,(H,18,19)(H,14,15,16). The summed E-state index contributed by atoms with van der Waals surface area (Å²) in [7, 11) is 0. The maximum absolute atomic E-state index is 10.6. The minimum atomic E-state index is -0.903. The second-order valence-corrected chi connectivity index (χ2v) is 4.36. The van der Waals surface area contributed by atoms with E-state index in [4.69, 9.17) is 5.11 Å². The number of carboxylic acid groups (broad SMARTS) is 1. The molecule has 0 radical (unpaired) electrons. The third-order valence-corrected chi connectivity index (χ3v) is 2.91. The van der Waals surface area contributed by atoms with Gasteiger partial charge in [-0.3, -0.25) is 9.89 Å². The minimum absolute atomic E-state index is 0.100. The van der Waals surface area contributed by atoms with E-state index in [-0.39, 0.29) is 6.42 Å². The number of nitrogens with zero attached hydrogens (tertiary/aromatic N) is 3. The van der Waals surface area contributed by atoms with E-state index in [9.17, 15) is 4.79 Å². The van der Waals surface area contributed by atoms with E-state index >= 15 is 0 Å². The van der Waals surface area contributed by atoms with Crippen LogP contribution in [0.4, 0.5) is 0 Å². The molecule has 2 aromatic heterocycles. The van der Waals surface area contributed by atoms with Crippen molar-refractivity contribution in [2.45, 2.75) is 13.3 Å². The third-order valence-electron chi connectivity index (χ3n) is 2.91. The molecule has 0 unspecified atom stereocenters. The summed E-state index contributed by atoms with van der Waals surface area (Å²) in [6.45, 7) is 2.01. The Labute approximate surface area is 108 Å². The highest BCUT2D eigenvalue weighted by Gasteiger charge is 2.11. The number of H-pyrrole nitrogens is 1. The topological polar surface area (TPSA) is 83.3 Å². The lowest BCUT2D eigenvalue weighted by atomic mass is 10.1. The van der Waals surface area contributed by atoms with Gasteiger partial charge in [0.05, 0.1) is 18.3 Å². The molecule has 0 aliphatic rings. The van der Waals surface area contributed by atoms with E-state index in [2.05, 4.69) is 15.1 Å². The maximum atomic E-state index is 10.6. The summed E-state index contributed by atoms with van der Waals surface area (Å²) in [4.78, 5) is 19.2. The number of aromatic nitrogens is 4. The first-order valence-corrected chi connectivity index (χ1v) is 5.85. The number of aliphatic carboxylic acids is 1. The van der Waals surface area contributed by atoms with Gasteiger partial charge in [0, 0.05) is 5.56 Å². The van der Waals surface area contributed by atoms with Gasteiger partial charge < -0.3 is 5.11 Å². The van der Waals surface area contributed by atoms with Gasteiger partial charge in [-0.1, -0.05) is 24.3 Å². The molecule has 0 aliphatic heterocycles. The Bertz CT molecular complexity index is 725. The van der Waals surface area contributed by atoms with Crippen molar-refractivity contribution in [2.75, 3.05) is 0 Å². The normalized spacial score (nSPS) is 11.0. The number of imidazole rings is 1. The van der Waals surface area contributed by atoms with Gasteiger partial charge in [-0.05, 0) is 12.5 Å². The molecule has 0 aliphatic carbocycles. The van der Waals surface area contributed by atoms with E-state index in [1.54, 1.807) is 10.7 Å². The molecule has 6 nitrogen and oxygen atoms in total. The van der Waals surface area contributed by atoms with Crippen LogP contribution < -0.4 is 0 Å². The summed E-state index contributed by atoms with van der Waals surface area (Å²) in [5.74, 6) is 0.303. The molecule has 19 heavy (non-hydrogen) atoms. The van der Waals surface area contributed by atoms with Gasteiger partial charge >= 0.3 is 5.97 Å². The lowest BCUT2D eigenvalue weighted by Gasteiger charge is -2.00. The van der Waals surface area contributed by atoms with E-state index in [1.165, 1.54) is 0 Å². The second-order valence-electron chi connectivity index (χ2n) is 4.36. The van der Waals surface area contributed by atoms with Crippen molar-refractivity contribution in [2.24, 2.45) is 0 Å². The molecule has 2 N–H and O–H groups in total. The quantitative estimate of drug-likeness (QED) is 0.746. The van der Waals surface area contributed by atoms with Gasteiger partial charge in [0.2, 0.25) is 0 Å².